The van der Waals surface area contributed by atoms with Crippen LogP contribution in [0.2, 0.25) is 0 Å². The average molecular weight is 278 g/mol. The van der Waals surface area contributed by atoms with Gasteiger partial charge in [0.25, 0.3) is 0 Å². The number of aromatic nitrogens is 2. The molecule has 2 rings (SSSR count). The molecule has 3 atom stereocenters. The highest BCUT2D eigenvalue weighted by molar-refractivity contribution is 7.99. The molecule has 3 unspecified atom stereocenters. The number of thioether (sulfide) groups is 1. The first-order valence-corrected chi connectivity index (χ1v) is 8.28. The standard InChI is InChI=1S/C9H14N2O4S2/c1-5(17(2,13)14)8-10-9(15-11-8)6-3-16-4-7(6)12/h5-7,12H,3-4H2,1-2H3. The Morgan fingerprint density at radius 2 is 2.24 bits per heavy atom. The normalized spacial score (nSPS) is 27.2. The quantitative estimate of drug-likeness (QED) is 0.853. The third-order valence-electron chi connectivity index (χ3n) is 2.83. The molecule has 8 heteroatoms. The minimum atomic E-state index is -3.23. The van der Waals surface area contributed by atoms with E-state index in [9.17, 15) is 13.5 Å². The van der Waals surface area contributed by atoms with Crippen LogP contribution >= 0.6 is 11.8 Å². The summed E-state index contributed by atoms with van der Waals surface area (Å²) in [5.41, 5.74) is 0. The molecule has 1 aromatic heterocycles. The number of hydrogen-bond donors (Lipinski definition) is 1. The van der Waals surface area contributed by atoms with Crippen LogP contribution in [-0.2, 0) is 9.84 Å². The zero-order valence-electron chi connectivity index (χ0n) is 9.53. The van der Waals surface area contributed by atoms with Crippen LogP contribution < -0.4 is 0 Å². The minimum absolute atomic E-state index is 0.159. The van der Waals surface area contributed by atoms with Crippen molar-refractivity contribution in [2.24, 2.45) is 0 Å². The van der Waals surface area contributed by atoms with Crippen LogP contribution in [0.4, 0.5) is 0 Å². The van der Waals surface area contributed by atoms with Gasteiger partial charge in [0.1, 0.15) is 5.25 Å². The van der Waals surface area contributed by atoms with Gasteiger partial charge in [-0.15, -0.1) is 0 Å². The van der Waals surface area contributed by atoms with Gasteiger partial charge in [0.05, 0.1) is 12.0 Å². The van der Waals surface area contributed by atoms with Crippen molar-refractivity contribution in [1.29, 1.82) is 0 Å². The Kier molecular flexibility index (Phi) is 3.46. The summed E-state index contributed by atoms with van der Waals surface area (Å²) in [6, 6.07) is 0. The summed E-state index contributed by atoms with van der Waals surface area (Å²) < 4.78 is 27.7. The first kappa shape index (κ1) is 12.8. The Hall–Kier alpha value is -0.600. The number of aliphatic hydroxyl groups excluding tert-OH is 1. The lowest BCUT2D eigenvalue weighted by Crippen LogP contribution is -2.16. The summed E-state index contributed by atoms with van der Waals surface area (Å²) in [6.07, 6.45) is 0.635. The Labute approximate surface area is 104 Å². The Morgan fingerprint density at radius 1 is 1.53 bits per heavy atom. The van der Waals surface area contributed by atoms with Gasteiger partial charge in [-0.3, -0.25) is 0 Å². The van der Waals surface area contributed by atoms with Crippen LogP contribution in [-0.4, -0.2) is 47.5 Å². The average Bonchev–Trinajstić information content (AvgIpc) is 2.83. The molecule has 0 spiro atoms. The smallest absolute Gasteiger partial charge is 0.233 e. The molecule has 1 aliphatic heterocycles. The molecule has 1 N–H and O–H groups in total. The van der Waals surface area contributed by atoms with Crippen molar-refractivity contribution in [2.45, 2.75) is 24.2 Å². The third kappa shape index (κ3) is 2.63. The Balaban J connectivity index is 2.21. The van der Waals surface area contributed by atoms with Crippen LogP contribution in [0, 0.1) is 0 Å². The Bertz CT molecular complexity index is 499. The maximum atomic E-state index is 11.4. The van der Waals surface area contributed by atoms with Crippen LogP contribution in [0.5, 0.6) is 0 Å². The number of sulfone groups is 1. The van der Waals surface area contributed by atoms with E-state index in [1.165, 1.54) is 6.92 Å². The molecule has 96 valence electrons. The van der Waals surface area contributed by atoms with E-state index >= 15 is 0 Å². The molecule has 0 saturated carbocycles. The van der Waals surface area contributed by atoms with Gasteiger partial charge in [-0.05, 0) is 6.92 Å². The molecule has 1 aromatic rings. The van der Waals surface area contributed by atoms with E-state index in [0.717, 1.165) is 12.0 Å². The molecule has 0 aliphatic carbocycles. The van der Waals surface area contributed by atoms with E-state index < -0.39 is 21.2 Å². The molecule has 17 heavy (non-hydrogen) atoms. The Morgan fingerprint density at radius 3 is 2.76 bits per heavy atom. The summed E-state index contributed by atoms with van der Waals surface area (Å²) in [7, 11) is -3.23. The van der Waals surface area contributed by atoms with E-state index in [1.807, 2.05) is 0 Å². The lowest BCUT2D eigenvalue weighted by atomic mass is 10.1. The number of rotatable bonds is 3. The topological polar surface area (TPSA) is 93.3 Å². The van der Waals surface area contributed by atoms with Crippen molar-refractivity contribution >= 4 is 21.6 Å². The van der Waals surface area contributed by atoms with Gasteiger partial charge in [0.15, 0.2) is 15.7 Å². The first-order chi connectivity index (χ1) is 7.89. The van der Waals surface area contributed by atoms with Gasteiger partial charge in [0, 0.05) is 17.8 Å². The van der Waals surface area contributed by atoms with Crippen LogP contribution in [0.1, 0.15) is 29.8 Å². The van der Waals surface area contributed by atoms with E-state index in [4.69, 9.17) is 4.52 Å². The highest BCUT2D eigenvalue weighted by atomic mass is 32.2. The van der Waals surface area contributed by atoms with Gasteiger partial charge in [-0.1, -0.05) is 5.16 Å². The van der Waals surface area contributed by atoms with Crippen molar-refractivity contribution in [3.05, 3.63) is 11.7 Å². The van der Waals surface area contributed by atoms with Crippen LogP contribution in [0.25, 0.3) is 0 Å². The number of aliphatic hydroxyl groups is 1. The molecule has 0 aromatic carbocycles. The number of hydrogen-bond acceptors (Lipinski definition) is 7. The second kappa shape index (κ2) is 4.58. The van der Waals surface area contributed by atoms with Crippen molar-refractivity contribution in [1.82, 2.24) is 10.1 Å². The van der Waals surface area contributed by atoms with Crippen LogP contribution in [0.3, 0.4) is 0 Å². The summed E-state index contributed by atoms with van der Waals surface area (Å²) in [6.45, 7) is 1.52. The SMILES string of the molecule is CC(c1noc(C2CSCC2O)n1)S(C)(=O)=O. The highest BCUT2D eigenvalue weighted by Gasteiger charge is 2.33. The van der Waals surface area contributed by atoms with Crippen molar-refractivity contribution in [2.75, 3.05) is 17.8 Å². The summed E-state index contributed by atoms with van der Waals surface area (Å²) in [5.74, 6) is 1.66. The van der Waals surface area contributed by atoms with Gasteiger partial charge in [0.2, 0.25) is 5.89 Å². The lowest BCUT2D eigenvalue weighted by molar-refractivity contribution is 0.164. The fourth-order valence-corrected chi connectivity index (χ4v) is 3.24. The molecule has 6 nitrogen and oxygen atoms in total. The van der Waals surface area contributed by atoms with E-state index in [2.05, 4.69) is 10.1 Å². The van der Waals surface area contributed by atoms with Gasteiger partial charge < -0.3 is 9.63 Å². The molecule has 0 amide bonds. The molecule has 1 aliphatic rings. The van der Waals surface area contributed by atoms with Gasteiger partial charge in [-0.25, -0.2) is 8.42 Å². The largest absolute Gasteiger partial charge is 0.391 e. The van der Waals surface area contributed by atoms with Crippen LogP contribution in [0.15, 0.2) is 4.52 Å². The second-order valence-corrected chi connectivity index (χ2v) is 7.61. The fraction of sp³-hybridized carbons (Fsp3) is 0.778. The molecular formula is C9H14N2O4S2. The fourth-order valence-electron chi connectivity index (χ4n) is 1.53. The van der Waals surface area contributed by atoms with Gasteiger partial charge >= 0.3 is 0 Å². The van der Waals surface area contributed by atoms with Crippen molar-refractivity contribution < 1.29 is 18.0 Å². The maximum absolute atomic E-state index is 11.4. The van der Waals surface area contributed by atoms with Crippen molar-refractivity contribution in [3.8, 4) is 0 Å². The minimum Gasteiger partial charge on any atom is -0.391 e. The third-order valence-corrected chi connectivity index (χ3v) is 5.50. The maximum Gasteiger partial charge on any atom is 0.233 e. The highest BCUT2D eigenvalue weighted by Crippen LogP contribution is 2.32. The molecule has 1 saturated heterocycles. The summed E-state index contributed by atoms with van der Waals surface area (Å²) in [4.78, 5) is 4.08. The molecule has 2 heterocycles. The van der Waals surface area contributed by atoms with E-state index in [0.29, 0.717) is 11.6 Å². The summed E-state index contributed by atoms with van der Waals surface area (Å²) >= 11 is 1.61. The lowest BCUT2D eigenvalue weighted by Gasteiger charge is -2.07. The summed E-state index contributed by atoms with van der Waals surface area (Å²) in [5, 5.41) is 12.6. The molecule has 0 radical (unpaired) electrons. The zero-order valence-corrected chi connectivity index (χ0v) is 11.2. The second-order valence-electron chi connectivity index (χ2n) is 4.17. The predicted molar refractivity (Wildman–Crippen MR) is 63.6 cm³/mol. The van der Waals surface area contributed by atoms with E-state index in [1.54, 1.807) is 11.8 Å². The van der Waals surface area contributed by atoms with Crippen molar-refractivity contribution in [3.63, 3.8) is 0 Å². The monoisotopic (exact) mass is 278 g/mol. The molecule has 0 bridgehead atoms. The van der Waals surface area contributed by atoms with Gasteiger partial charge in [-0.2, -0.15) is 16.7 Å². The zero-order chi connectivity index (χ0) is 12.6. The predicted octanol–water partition coefficient (Wildman–Crippen LogP) is 0.366. The molecular weight excluding hydrogens is 264 g/mol. The van der Waals surface area contributed by atoms with E-state index in [-0.39, 0.29) is 11.7 Å². The number of nitrogens with zero attached hydrogens (tertiary/aromatic N) is 2. The first-order valence-electron chi connectivity index (χ1n) is 5.17. The molecule has 1 fully saturated rings.